The lowest BCUT2D eigenvalue weighted by molar-refractivity contribution is -0.116. The number of aryl methyl sites for hydroxylation is 1. The van der Waals surface area contributed by atoms with E-state index < -0.39 is 10.0 Å². The number of carbonyl (C=O) groups is 1. The van der Waals surface area contributed by atoms with Crippen LogP contribution in [0.15, 0.2) is 70.4 Å². The molecule has 2 aromatic heterocycles. The van der Waals surface area contributed by atoms with Gasteiger partial charge < -0.3 is 19.3 Å². The lowest BCUT2D eigenvalue weighted by atomic mass is 10.1. The zero-order valence-electron chi connectivity index (χ0n) is 20.6. The molecule has 0 saturated heterocycles. The highest BCUT2D eigenvalue weighted by Gasteiger charge is 2.23. The van der Waals surface area contributed by atoms with Crippen molar-refractivity contribution in [1.29, 1.82) is 0 Å². The average molecular weight is 526 g/mol. The van der Waals surface area contributed by atoms with Crippen LogP contribution in [0.25, 0.3) is 11.0 Å². The van der Waals surface area contributed by atoms with Crippen molar-refractivity contribution in [1.82, 2.24) is 20.3 Å². The zero-order valence-corrected chi connectivity index (χ0v) is 21.4. The van der Waals surface area contributed by atoms with Crippen molar-refractivity contribution in [2.75, 3.05) is 25.5 Å². The van der Waals surface area contributed by atoms with Gasteiger partial charge in [-0.2, -0.15) is 5.10 Å². The molecule has 1 amide bonds. The van der Waals surface area contributed by atoms with Crippen LogP contribution in [0, 0.1) is 6.92 Å². The van der Waals surface area contributed by atoms with Gasteiger partial charge in [0, 0.05) is 31.5 Å². The molecule has 4 rings (SSSR count). The molecule has 0 bridgehead atoms. The molecule has 0 radical (unpaired) electrons. The number of sulfonamides is 1. The summed E-state index contributed by atoms with van der Waals surface area (Å²) >= 11 is 0. The fourth-order valence-electron chi connectivity index (χ4n) is 3.80. The summed E-state index contributed by atoms with van der Waals surface area (Å²) in [6, 6.07) is 10.0. The molecule has 2 heterocycles. The molecule has 0 atom stereocenters. The predicted molar refractivity (Wildman–Crippen MR) is 137 cm³/mol. The molecule has 12 heteroatoms. The van der Waals surface area contributed by atoms with Crippen molar-refractivity contribution in [3.63, 3.8) is 0 Å². The molecule has 2 aromatic carbocycles. The van der Waals surface area contributed by atoms with Crippen LogP contribution in [0.1, 0.15) is 16.7 Å². The number of carbonyl (C=O) groups excluding carboxylic acids is 1. The van der Waals surface area contributed by atoms with Crippen molar-refractivity contribution in [3.05, 3.63) is 77.6 Å². The minimum absolute atomic E-state index is 0.000373. The Morgan fingerprint density at radius 3 is 2.78 bits per heavy atom. The van der Waals surface area contributed by atoms with E-state index >= 15 is 0 Å². The molecule has 0 unspecified atom stereocenters. The molecule has 0 aliphatic carbocycles. The minimum Gasteiger partial charge on any atom is -0.495 e. The number of nitrogens with one attached hydrogen (secondary N) is 2. The molecule has 0 fully saturated rings. The summed E-state index contributed by atoms with van der Waals surface area (Å²) in [5.74, 6) is 0.109. The molecular weight excluding hydrogens is 498 g/mol. The number of para-hydroxylation sites is 1. The Morgan fingerprint density at radius 2 is 2.00 bits per heavy atom. The van der Waals surface area contributed by atoms with Gasteiger partial charge in [0.1, 0.15) is 10.6 Å². The van der Waals surface area contributed by atoms with E-state index in [4.69, 9.17) is 14.0 Å². The number of ether oxygens (including phenoxy) is 2. The van der Waals surface area contributed by atoms with Crippen LogP contribution in [0.3, 0.4) is 0 Å². The Bertz CT molecular complexity index is 1540. The molecule has 0 saturated carbocycles. The third-order valence-corrected chi connectivity index (χ3v) is 6.83. The summed E-state index contributed by atoms with van der Waals surface area (Å²) in [6.07, 6.45) is 6.58. The Kier molecular flexibility index (Phi) is 7.89. The Balaban J connectivity index is 1.47. The second kappa shape index (κ2) is 11.3. The Morgan fingerprint density at radius 1 is 1.19 bits per heavy atom. The second-order valence-corrected chi connectivity index (χ2v) is 9.85. The molecule has 0 aliphatic heterocycles. The van der Waals surface area contributed by atoms with Crippen LogP contribution in [0.4, 0.5) is 5.82 Å². The molecule has 194 valence electrons. The second-order valence-electron chi connectivity index (χ2n) is 8.20. The highest BCUT2D eigenvalue weighted by molar-refractivity contribution is 7.92. The maximum absolute atomic E-state index is 13.0. The average Bonchev–Trinajstić information content (AvgIpc) is 3.49. The first-order chi connectivity index (χ1) is 17.8. The molecular formula is C25H27N5O6S. The van der Waals surface area contributed by atoms with E-state index in [1.54, 1.807) is 48.3 Å². The summed E-state index contributed by atoms with van der Waals surface area (Å²) in [5, 5.41) is 11.7. The number of hydrogen-bond acceptors (Lipinski definition) is 8. The fraction of sp³-hybridized carbons (Fsp3) is 0.240. The lowest BCUT2D eigenvalue weighted by Crippen LogP contribution is -2.20. The van der Waals surface area contributed by atoms with Gasteiger partial charge in [0.15, 0.2) is 11.4 Å². The van der Waals surface area contributed by atoms with Crippen molar-refractivity contribution < 1.29 is 27.2 Å². The molecule has 0 spiro atoms. The smallest absolute Gasteiger partial charge is 0.266 e. The molecule has 37 heavy (non-hydrogen) atoms. The van der Waals surface area contributed by atoms with Gasteiger partial charge in [-0.05, 0) is 36.2 Å². The fourth-order valence-corrected chi connectivity index (χ4v) is 4.98. The van der Waals surface area contributed by atoms with Crippen LogP contribution in [0.2, 0.25) is 0 Å². The van der Waals surface area contributed by atoms with E-state index in [9.17, 15) is 13.2 Å². The Hall–Kier alpha value is -4.16. The maximum atomic E-state index is 13.0. The number of rotatable bonds is 11. The summed E-state index contributed by atoms with van der Waals surface area (Å²) in [6.45, 7) is 3.01. The van der Waals surface area contributed by atoms with Crippen molar-refractivity contribution >= 4 is 32.7 Å². The first-order valence-electron chi connectivity index (χ1n) is 11.3. The largest absolute Gasteiger partial charge is 0.495 e. The van der Waals surface area contributed by atoms with Gasteiger partial charge in [-0.25, -0.2) is 8.42 Å². The summed E-state index contributed by atoms with van der Waals surface area (Å²) in [5.41, 5.74) is 2.96. The van der Waals surface area contributed by atoms with Crippen LogP contribution in [-0.2, 0) is 32.6 Å². The summed E-state index contributed by atoms with van der Waals surface area (Å²) < 4.78 is 45.7. The van der Waals surface area contributed by atoms with E-state index in [0.717, 1.165) is 16.7 Å². The van der Waals surface area contributed by atoms with Gasteiger partial charge in [0.25, 0.3) is 10.0 Å². The van der Waals surface area contributed by atoms with Gasteiger partial charge in [-0.15, -0.1) is 0 Å². The summed E-state index contributed by atoms with van der Waals surface area (Å²) in [7, 11) is -0.994. The van der Waals surface area contributed by atoms with Gasteiger partial charge in [-0.1, -0.05) is 29.4 Å². The van der Waals surface area contributed by atoms with Gasteiger partial charge in [-0.3, -0.25) is 14.2 Å². The Labute approximate surface area is 214 Å². The van der Waals surface area contributed by atoms with E-state index in [2.05, 4.69) is 20.3 Å². The van der Waals surface area contributed by atoms with Gasteiger partial charge in [0.2, 0.25) is 5.91 Å². The number of nitrogens with zero attached hydrogens (tertiary/aromatic N) is 3. The number of anilines is 1. The molecule has 11 nitrogen and oxygen atoms in total. The number of benzene rings is 2. The molecule has 4 aromatic rings. The van der Waals surface area contributed by atoms with Crippen LogP contribution in [-0.4, -0.2) is 50.1 Å². The van der Waals surface area contributed by atoms with Crippen molar-refractivity contribution in [2.24, 2.45) is 0 Å². The third-order valence-electron chi connectivity index (χ3n) is 5.45. The lowest BCUT2D eigenvalue weighted by Gasteiger charge is -2.10. The van der Waals surface area contributed by atoms with E-state index in [1.165, 1.54) is 19.3 Å². The minimum atomic E-state index is -3.96. The van der Waals surface area contributed by atoms with Crippen LogP contribution >= 0.6 is 0 Å². The highest BCUT2D eigenvalue weighted by atomic mass is 32.2. The number of aromatic nitrogens is 3. The first kappa shape index (κ1) is 25.9. The SMILES string of the molecule is COC/C=C/C(=O)NCc1cnn(Cc2cc(C)c3c(NS(=O)(=O)c4ccccc4OC)noc3c2)c1. The number of fused-ring (bicyclic) bond motifs is 1. The number of methoxy groups -OCH3 is 2. The predicted octanol–water partition coefficient (Wildman–Crippen LogP) is 3.01. The zero-order chi connectivity index (χ0) is 26.4. The number of amides is 1. The van der Waals surface area contributed by atoms with Gasteiger partial charge in [0.05, 0.1) is 31.8 Å². The van der Waals surface area contributed by atoms with Gasteiger partial charge >= 0.3 is 0 Å². The molecule has 0 aliphatic rings. The maximum Gasteiger partial charge on any atom is 0.266 e. The quantitative estimate of drug-likeness (QED) is 0.285. The first-order valence-corrected chi connectivity index (χ1v) is 12.8. The van der Waals surface area contributed by atoms with Crippen molar-refractivity contribution in [2.45, 2.75) is 24.9 Å². The van der Waals surface area contributed by atoms with Crippen molar-refractivity contribution in [3.8, 4) is 5.75 Å². The number of hydrogen-bond donors (Lipinski definition) is 2. The molecule has 2 N–H and O–H groups in total. The van der Waals surface area contributed by atoms with Crippen LogP contribution in [0.5, 0.6) is 5.75 Å². The highest BCUT2D eigenvalue weighted by Crippen LogP contribution is 2.31. The normalized spacial score (nSPS) is 11.8. The topological polar surface area (TPSA) is 138 Å². The van der Waals surface area contributed by atoms with E-state index in [1.807, 2.05) is 19.2 Å². The van der Waals surface area contributed by atoms with E-state index in [-0.39, 0.29) is 22.4 Å². The van der Waals surface area contributed by atoms with E-state index in [0.29, 0.717) is 30.7 Å². The summed E-state index contributed by atoms with van der Waals surface area (Å²) in [4.78, 5) is 11.8. The standard InChI is InChI=1S/C25H27N5O6S/c1-17-11-18(15-30-16-19(14-27-30)13-26-23(31)9-6-10-34-2)12-21-24(17)25(28-36-21)29-37(32,33)22-8-5-4-7-20(22)35-3/h4-9,11-12,14,16H,10,13,15H2,1-3H3,(H,26,31)(H,28,29)/b9-6+. The van der Waals surface area contributed by atoms with Crippen LogP contribution < -0.4 is 14.8 Å². The third kappa shape index (κ3) is 6.16. The monoisotopic (exact) mass is 525 g/mol.